The maximum Gasteiger partial charge on any atom is 0.176 e. The largest absolute Gasteiger partial charge is 0.356 e. The Kier molecular flexibility index (Phi) is 6.94. The molecule has 0 aromatic heterocycles. The summed E-state index contributed by atoms with van der Waals surface area (Å²) in [5.74, 6) is 0. The SMILES string of the molecule is COC(C)(CCc1ccccc1)/N=N/C(C)CCc1ccc2ccccc2c1. The first-order chi connectivity index (χ1) is 13.6. The highest BCUT2D eigenvalue weighted by Gasteiger charge is 2.23. The highest BCUT2D eigenvalue weighted by molar-refractivity contribution is 5.82. The first kappa shape index (κ1) is 20.2. The van der Waals surface area contributed by atoms with E-state index in [0.717, 1.165) is 25.7 Å². The van der Waals surface area contributed by atoms with Gasteiger partial charge in [-0.15, -0.1) is 0 Å². The number of methoxy groups -OCH3 is 1. The third-order valence-corrected chi connectivity index (χ3v) is 5.29. The van der Waals surface area contributed by atoms with Crippen LogP contribution in [0.25, 0.3) is 10.8 Å². The summed E-state index contributed by atoms with van der Waals surface area (Å²) in [7, 11) is 1.71. The Morgan fingerprint density at radius 3 is 2.32 bits per heavy atom. The molecule has 3 rings (SSSR count). The normalized spacial score (nSPS) is 15.0. The molecule has 0 amide bonds. The summed E-state index contributed by atoms with van der Waals surface area (Å²) in [4.78, 5) is 0. The molecule has 0 aliphatic heterocycles. The van der Waals surface area contributed by atoms with Crippen molar-refractivity contribution in [2.24, 2.45) is 10.2 Å². The van der Waals surface area contributed by atoms with Crippen LogP contribution in [0.5, 0.6) is 0 Å². The lowest BCUT2D eigenvalue weighted by molar-refractivity contribution is -0.000551. The number of rotatable bonds is 9. The summed E-state index contributed by atoms with van der Waals surface area (Å²) in [5, 5.41) is 11.7. The van der Waals surface area contributed by atoms with Crippen LogP contribution in [0.1, 0.15) is 37.8 Å². The Morgan fingerprint density at radius 2 is 1.57 bits per heavy atom. The number of fused-ring (bicyclic) bond motifs is 1. The maximum atomic E-state index is 5.66. The molecule has 3 nitrogen and oxygen atoms in total. The Bertz CT molecular complexity index is 907. The van der Waals surface area contributed by atoms with Gasteiger partial charge in [-0.25, -0.2) is 0 Å². The van der Waals surface area contributed by atoms with Crippen LogP contribution in [0.3, 0.4) is 0 Å². The van der Waals surface area contributed by atoms with E-state index in [1.165, 1.54) is 21.9 Å². The first-order valence-corrected chi connectivity index (χ1v) is 10.1. The minimum Gasteiger partial charge on any atom is -0.356 e. The molecule has 0 saturated carbocycles. The third-order valence-electron chi connectivity index (χ3n) is 5.29. The summed E-state index contributed by atoms with van der Waals surface area (Å²) in [5.41, 5.74) is 2.07. The van der Waals surface area contributed by atoms with E-state index in [0.29, 0.717) is 0 Å². The molecule has 0 heterocycles. The molecule has 146 valence electrons. The average molecular weight is 375 g/mol. The highest BCUT2D eigenvalue weighted by Crippen LogP contribution is 2.22. The second-order valence-electron chi connectivity index (χ2n) is 7.65. The van der Waals surface area contributed by atoms with Gasteiger partial charge in [-0.2, -0.15) is 10.2 Å². The van der Waals surface area contributed by atoms with Crippen LogP contribution in [0.4, 0.5) is 0 Å². The molecule has 0 spiro atoms. The second-order valence-corrected chi connectivity index (χ2v) is 7.65. The highest BCUT2D eigenvalue weighted by atomic mass is 16.5. The van der Waals surface area contributed by atoms with Gasteiger partial charge in [0.2, 0.25) is 0 Å². The van der Waals surface area contributed by atoms with Gasteiger partial charge in [0.25, 0.3) is 0 Å². The van der Waals surface area contributed by atoms with Crippen molar-refractivity contribution in [3.63, 3.8) is 0 Å². The fourth-order valence-corrected chi connectivity index (χ4v) is 3.26. The quantitative estimate of drug-likeness (QED) is 0.388. The zero-order valence-corrected chi connectivity index (χ0v) is 17.1. The number of hydrogen-bond acceptors (Lipinski definition) is 3. The predicted molar refractivity (Wildman–Crippen MR) is 117 cm³/mol. The molecule has 0 radical (unpaired) electrons. The topological polar surface area (TPSA) is 34.0 Å². The lowest BCUT2D eigenvalue weighted by atomic mass is 10.0. The molecular weight excluding hydrogens is 344 g/mol. The van der Waals surface area contributed by atoms with Gasteiger partial charge in [-0.1, -0.05) is 72.8 Å². The van der Waals surface area contributed by atoms with Crippen molar-refractivity contribution >= 4 is 10.8 Å². The fraction of sp³-hybridized carbons (Fsp3) is 0.360. The summed E-state index contributed by atoms with van der Waals surface area (Å²) in [6.07, 6.45) is 3.71. The van der Waals surface area contributed by atoms with Crippen LogP contribution < -0.4 is 0 Å². The standard InChI is InChI=1S/C25H30N2O/c1-20(13-14-22-15-16-23-11-7-8-12-24(23)19-22)26-27-25(2,28-3)18-17-21-9-5-4-6-10-21/h4-12,15-16,19-20H,13-14,17-18H2,1-3H3/b27-26+. The van der Waals surface area contributed by atoms with Crippen molar-refractivity contribution in [1.29, 1.82) is 0 Å². The second kappa shape index (κ2) is 9.61. The van der Waals surface area contributed by atoms with Gasteiger partial charge in [0.15, 0.2) is 5.72 Å². The monoisotopic (exact) mass is 374 g/mol. The Labute approximate surface area is 168 Å². The van der Waals surface area contributed by atoms with Crippen LogP contribution in [0.15, 0.2) is 83.0 Å². The van der Waals surface area contributed by atoms with Crippen molar-refractivity contribution in [1.82, 2.24) is 0 Å². The molecule has 0 N–H and O–H groups in total. The number of azo groups is 1. The molecule has 2 unspecified atom stereocenters. The predicted octanol–water partition coefficient (Wildman–Crippen LogP) is 6.61. The summed E-state index contributed by atoms with van der Waals surface area (Å²) in [6.45, 7) is 4.13. The van der Waals surface area contributed by atoms with Crippen molar-refractivity contribution < 1.29 is 4.74 Å². The van der Waals surface area contributed by atoms with E-state index in [-0.39, 0.29) is 6.04 Å². The summed E-state index contributed by atoms with van der Waals surface area (Å²) < 4.78 is 5.66. The van der Waals surface area contributed by atoms with Crippen molar-refractivity contribution in [2.45, 2.75) is 51.3 Å². The van der Waals surface area contributed by atoms with Gasteiger partial charge in [0.1, 0.15) is 0 Å². The third kappa shape index (κ3) is 5.74. The van der Waals surface area contributed by atoms with E-state index in [4.69, 9.17) is 4.74 Å². The number of aryl methyl sites for hydroxylation is 2. The van der Waals surface area contributed by atoms with Gasteiger partial charge in [-0.05, 0) is 55.0 Å². The molecule has 3 aromatic carbocycles. The minimum atomic E-state index is -0.576. The van der Waals surface area contributed by atoms with Gasteiger partial charge in [-0.3, -0.25) is 0 Å². The van der Waals surface area contributed by atoms with Crippen LogP contribution >= 0.6 is 0 Å². The molecule has 0 aliphatic carbocycles. The van der Waals surface area contributed by atoms with E-state index >= 15 is 0 Å². The number of benzene rings is 3. The zero-order valence-electron chi connectivity index (χ0n) is 17.1. The molecule has 0 bridgehead atoms. The molecule has 3 aromatic rings. The number of nitrogens with zero attached hydrogens (tertiary/aromatic N) is 2. The van der Waals surface area contributed by atoms with Gasteiger partial charge in [0.05, 0.1) is 6.04 Å². The zero-order chi connectivity index (χ0) is 19.8. The minimum absolute atomic E-state index is 0.165. The number of hydrogen-bond donors (Lipinski definition) is 0. The van der Waals surface area contributed by atoms with Crippen molar-refractivity contribution in [3.8, 4) is 0 Å². The van der Waals surface area contributed by atoms with Crippen LogP contribution in [-0.4, -0.2) is 18.9 Å². The molecule has 28 heavy (non-hydrogen) atoms. The molecule has 0 aliphatic rings. The van der Waals surface area contributed by atoms with E-state index in [9.17, 15) is 0 Å². The molecule has 0 saturated heterocycles. The fourth-order valence-electron chi connectivity index (χ4n) is 3.26. The Hall–Kier alpha value is -2.52. The van der Waals surface area contributed by atoms with E-state index < -0.39 is 5.72 Å². The summed E-state index contributed by atoms with van der Waals surface area (Å²) >= 11 is 0. The first-order valence-electron chi connectivity index (χ1n) is 10.1. The lowest BCUT2D eigenvalue weighted by Gasteiger charge is -2.22. The van der Waals surface area contributed by atoms with E-state index in [1.807, 2.05) is 13.0 Å². The molecular formula is C25H30N2O. The van der Waals surface area contributed by atoms with E-state index in [1.54, 1.807) is 7.11 Å². The average Bonchev–Trinajstić information content (AvgIpc) is 2.75. The summed E-state index contributed by atoms with van der Waals surface area (Å²) in [6, 6.07) is 25.8. The smallest absolute Gasteiger partial charge is 0.176 e. The molecule has 2 atom stereocenters. The van der Waals surface area contributed by atoms with Gasteiger partial charge in [0, 0.05) is 13.5 Å². The van der Waals surface area contributed by atoms with Gasteiger partial charge >= 0.3 is 0 Å². The van der Waals surface area contributed by atoms with Crippen LogP contribution in [0, 0.1) is 0 Å². The number of ether oxygens (including phenoxy) is 1. The lowest BCUT2D eigenvalue weighted by Crippen LogP contribution is -2.25. The maximum absolute atomic E-state index is 5.66. The molecule has 0 fully saturated rings. The van der Waals surface area contributed by atoms with Crippen LogP contribution in [0.2, 0.25) is 0 Å². The van der Waals surface area contributed by atoms with Crippen molar-refractivity contribution in [3.05, 3.63) is 83.9 Å². The van der Waals surface area contributed by atoms with Gasteiger partial charge < -0.3 is 4.74 Å². The van der Waals surface area contributed by atoms with Crippen LogP contribution in [-0.2, 0) is 17.6 Å². The molecule has 3 heteroatoms. The Morgan fingerprint density at radius 1 is 0.857 bits per heavy atom. The van der Waals surface area contributed by atoms with E-state index in [2.05, 4.69) is 83.9 Å². The van der Waals surface area contributed by atoms with Crippen molar-refractivity contribution in [2.75, 3.05) is 7.11 Å². The Balaban J connectivity index is 1.53.